The molecule has 1 heterocycles. The number of hydrogen-bond acceptors (Lipinski definition) is 3. The molecule has 0 aliphatic rings. The minimum absolute atomic E-state index is 0.0305. The maximum Gasteiger partial charge on any atom is 0.314 e. The average Bonchev–Trinajstić information content (AvgIpc) is 2.57. The Labute approximate surface area is 133 Å². The largest absolute Gasteiger partial charge is 0.490 e. The van der Waals surface area contributed by atoms with Crippen molar-refractivity contribution in [1.29, 1.82) is 0 Å². The Morgan fingerprint density at radius 3 is 2.65 bits per heavy atom. The zero-order chi connectivity index (χ0) is 16.4. The molecular formula is C18H17N2O3+. The van der Waals surface area contributed by atoms with Crippen molar-refractivity contribution in [2.24, 2.45) is 7.05 Å². The molecule has 2 aromatic carbocycles. The van der Waals surface area contributed by atoms with Gasteiger partial charge in [0.1, 0.15) is 7.05 Å². The summed E-state index contributed by atoms with van der Waals surface area (Å²) in [7, 11) is 3.40. The van der Waals surface area contributed by atoms with Crippen molar-refractivity contribution < 1.29 is 14.2 Å². The van der Waals surface area contributed by atoms with Gasteiger partial charge in [-0.05, 0) is 17.5 Å². The fraction of sp³-hybridized carbons (Fsp3) is 0.167. The van der Waals surface area contributed by atoms with Crippen LogP contribution in [0.5, 0.6) is 5.75 Å². The summed E-state index contributed by atoms with van der Waals surface area (Å²) in [4.78, 5) is 11.1. The minimum Gasteiger partial charge on any atom is -0.490 e. The number of para-hydroxylation sites is 1. The summed E-state index contributed by atoms with van der Waals surface area (Å²) in [6, 6.07) is 15.3. The molecule has 0 aliphatic carbocycles. The number of hydrogen-bond donors (Lipinski definition) is 0. The first-order chi connectivity index (χ1) is 11.1. The molecule has 5 nitrogen and oxygen atoms in total. The van der Waals surface area contributed by atoms with E-state index in [1.165, 1.54) is 7.11 Å². The maximum atomic E-state index is 11.5. The number of aromatic nitrogens is 1. The third kappa shape index (κ3) is 2.73. The number of rotatable bonds is 4. The predicted molar refractivity (Wildman–Crippen MR) is 87.6 cm³/mol. The molecule has 0 unspecified atom stereocenters. The van der Waals surface area contributed by atoms with Gasteiger partial charge < -0.3 is 4.74 Å². The second kappa shape index (κ2) is 6.04. The fourth-order valence-electron chi connectivity index (χ4n) is 2.86. The molecule has 5 heteroatoms. The molecule has 0 saturated carbocycles. The molecule has 0 fully saturated rings. The number of nitro groups is 1. The molecule has 0 aliphatic heterocycles. The Kier molecular flexibility index (Phi) is 3.93. The van der Waals surface area contributed by atoms with Crippen molar-refractivity contribution in [3.63, 3.8) is 0 Å². The van der Waals surface area contributed by atoms with Gasteiger partial charge in [-0.2, -0.15) is 0 Å². The predicted octanol–water partition coefficient (Wildman–Crippen LogP) is 3.17. The van der Waals surface area contributed by atoms with E-state index in [-0.39, 0.29) is 16.4 Å². The number of pyridine rings is 1. The van der Waals surface area contributed by atoms with Gasteiger partial charge >= 0.3 is 5.69 Å². The van der Waals surface area contributed by atoms with Crippen LogP contribution in [0.3, 0.4) is 0 Å². The first-order valence-corrected chi connectivity index (χ1v) is 7.28. The number of aryl methyl sites for hydroxylation is 1. The smallest absolute Gasteiger partial charge is 0.314 e. The van der Waals surface area contributed by atoms with Crippen LogP contribution in [0.4, 0.5) is 5.69 Å². The first-order valence-electron chi connectivity index (χ1n) is 7.28. The number of fused-ring (bicyclic) bond motifs is 1. The third-order valence-corrected chi connectivity index (χ3v) is 4.02. The molecule has 0 atom stereocenters. The van der Waals surface area contributed by atoms with Crippen molar-refractivity contribution in [1.82, 2.24) is 0 Å². The van der Waals surface area contributed by atoms with Crippen molar-refractivity contribution in [3.8, 4) is 5.75 Å². The highest BCUT2D eigenvalue weighted by molar-refractivity contribution is 5.83. The van der Waals surface area contributed by atoms with E-state index in [1.54, 1.807) is 18.2 Å². The summed E-state index contributed by atoms with van der Waals surface area (Å²) in [6.45, 7) is 0. The zero-order valence-electron chi connectivity index (χ0n) is 13.0. The fourth-order valence-corrected chi connectivity index (χ4v) is 2.86. The molecular weight excluding hydrogens is 292 g/mol. The van der Waals surface area contributed by atoms with E-state index in [0.717, 1.165) is 16.5 Å². The van der Waals surface area contributed by atoms with Gasteiger partial charge in [-0.15, -0.1) is 0 Å². The Balaban J connectivity index is 2.17. The van der Waals surface area contributed by atoms with E-state index in [1.807, 2.05) is 48.1 Å². The van der Waals surface area contributed by atoms with Crippen LogP contribution < -0.4 is 9.30 Å². The Hall–Kier alpha value is -2.95. The molecule has 116 valence electrons. The SMILES string of the molecule is COc1cccc(Cc2c3ccccc3cc[n+]2C)c1[N+](=O)[O-]. The van der Waals surface area contributed by atoms with Crippen molar-refractivity contribution in [3.05, 3.63) is 76.1 Å². The van der Waals surface area contributed by atoms with Gasteiger partial charge in [0, 0.05) is 17.0 Å². The summed E-state index contributed by atoms with van der Waals surface area (Å²) >= 11 is 0. The summed E-state index contributed by atoms with van der Waals surface area (Å²) in [6.07, 6.45) is 2.44. The lowest BCUT2D eigenvalue weighted by Gasteiger charge is -2.08. The molecule has 3 aromatic rings. The number of methoxy groups -OCH3 is 1. The lowest BCUT2D eigenvalue weighted by Crippen LogP contribution is -2.33. The molecule has 0 spiro atoms. The number of nitro benzene ring substituents is 1. The highest BCUT2D eigenvalue weighted by atomic mass is 16.6. The molecule has 0 N–H and O–H groups in total. The quantitative estimate of drug-likeness (QED) is 0.422. The molecule has 3 rings (SSSR count). The van der Waals surface area contributed by atoms with Crippen LogP contribution in [0.15, 0.2) is 54.7 Å². The van der Waals surface area contributed by atoms with Crippen molar-refractivity contribution in [2.45, 2.75) is 6.42 Å². The third-order valence-electron chi connectivity index (χ3n) is 4.02. The van der Waals surface area contributed by atoms with Crippen LogP contribution in [0, 0.1) is 10.1 Å². The molecule has 23 heavy (non-hydrogen) atoms. The van der Waals surface area contributed by atoms with E-state index in [2.05, 4.69) is 0 Å². The van der Waals surface area contributed by atoms with E-state index >= 15 is 0 Å². The number of ether oxygens (including phenoxy) is 1. The second-order valence-electron chi connectivity index (χ2n) is 5.36. The summed E-state index contributed by atoms with van der Waals surface area (Å²) in [5.74, 6) is 0.287. The zero-order valence-corrected chi connectivity index (χ0v) is 13.0. The highest BCUT2D eigenvalue weighted by Crippen LogP contribution is 2.32. The average molecular weight is 309 g/mol. The molecule has 1 aromatic heterocycles. The van der Waals surface area contributed by atoms with Crippen LogP contribution in [0.1, 0.15) is 11.3 Å². The highest BCUT2D eigenvalue weighted by Gasteiger charge is 2.23. The molecule has 0 bridgehead atoms. The Bertz CT molecular complexity index is 891. The summed E-state index contributed by atoms with van der Waals surface area (Å²) in [5.41, 5.74) is 1.70. The first kappa shape index (κ1) is 15.0. The standard InChI is InChI=1S/C18H17N2O3/c1-19-11-10-13-6-3-4-8-15(13)16(19)12-14-7-5-9-17(23-2)18(14)20(21)22/h3-11H,12H2,1-2H3/q+1. The van der Waals surface area contributed by atoms with E-state index in [0.29, 0.717) is 12.0 Å². The van der Waals surface area contributed by atoms with E-state index in [4.69, 9.17) is 4.74 Å². The van der Waals surface area contributed by atoms with Gasteiger partial charge in [-0.25, -0.2) is 4.57 Å². The van der Waals surface area contributed by atoms with Gasteiger partial charge in [-0.3, -0.25) is 10.1 Å². The van der Waals surface area contributed by atoms with E-state index < -0.39 is 0 Å². The van der Waals surface area contributed by atoms with Gasteiger partial charge in [0.2, 0.25) is 0 Å². The van der Waals surface area contributed by atoms with Gasteiger partial charge in [0.15, 0.2) is 17.6 Å². The lowest BCUT2D eigenvalue weighted by molar-refractivity contribution is -0.677. The van der Waals surface area contributed by atoms with Gasteiger partial charge in [0.05, 0.1) is 18.5 Å². The van der Waals surface area contributed by atoms with E-state index in [9.17, 15) is 10.1 Å². The monoisotopic (exact) mass is 309 g/mol. The Morgan fingerprint density at radius 2 is 1.91 bits per heavy atom. The lowest BCUT2D eigenvalue weighted by atomic mass is 10.0. The van der Waals surface area contributed by atoms with Gasteiger partial charge in [-0.1, -0.05) is 30.3 Å². The van der Waals surface area contributed by atoms with Crippen LogP contribution in [-0.2, 0) is 13.5 Å². The minimum atomic E-state index is -0.376. The number of nitrogens with zero attached hydrogens (tertiary/aromatic N) is 2. The van der Waals surface area contributed by atoms with Crippen LogP contribution >= 0.6 is 0 Å². The number of benzene rings is 2. The van der Waals surface area contributed by atoms with Crippen LogP contribution in [-0.4, -0.2) is 12.0 Å². The van der Waals surface area contributed by atoms with Crippen molar-refractivity contribution in [2.75, 3.05) is 7.11 Å². The second-order valence-corrected chi connectivity index (χ2v) is 5.36. The van der Waals surface area contributed by atoms with Gasteiger partial charge in [0.25, 0.3) is 0 Å². The Morgan fingerprint density at radius 1 is 1.13 bits per heavy atom. The van der Waals surface area contributed by atoms with Crippen LogP contribution in [0.2, 0.25) is 0 Å². The summed E-state index contributed by atoms with van der Waals surface area (Å²) < 4.78 is 7.16. The summed E-state index contributed by atoms with van der Waals surface area (Å²) in [5, 5.41) is 13.7. The topological polar surface area (TPSA) is 56.2 Å². The van der Waals surface area contributed by atoms with Crippen molar-refractivity contribution >= 4 is 16.5 Å². The maximum absolute atomic E-state index is 11.5. The van der Waals surface area contributed by atoms with Crippen LogP contribution in [0.25, 0.3) is 10.8 Å². The molecule has 0 radical (unpaired) electrons. The molecule has 0 amide bonds. The molecule has 0 saturated heterocycles. The normalized spacial score (nSPS) is 10.7.